The number of para-hydroxylation sites is 1. The van der Waals surface area contributed by atoms with E-state index in [0.29, 0.717) is 29.1 Å². The number of hydrogen-bond acceptors (Lipinski definition) is 5. The summed E-state index contributed by atoms with van der Waals surface area (Å²) in [6.45, 7) is 0.320. The Labute approximate surface area is 211 Å². The van der Waals surface area contributed by atoms with Gasteiger partial charge in [0.15, 0.2) is 6.61 Å². The second kappa shape index (κ2) is 12.0. The van der Waals surface area contributed by atoms with Crippen molar-refractivity contribution in [1.82, 2.24) is 4.90 Å². The summed E-state index contributed by atoms with van der Waals surface area (Å²) in [7, 11) is 0. The first kappa shape index (κ1) is 25.0. The number of nitrogens with zero attached hydrogens (tertiary/aromatic N) is 2. The first-order chi connectivity index (χ1) is 17.5. The number of amides is 2. The van der Waals surface area contributed by atoms with E-state index < -0.39 is 0 Å². The highest BCUT2D eigenvalue weighted by molar-refractivity contribution is 5.94. The topological polar surface area (TPSA) is 108 Å². The molecular weight excluding hydrogens is 452 g/mol. The molecule has 184 valence electrons. The summed E-state index contributed by atoms with van der Waals surface area (Å²) >= 11 is 0. The summed E-state index contributed by atoms with van der Waals surface area (Å²) in [5.41, 5.74) is 9.09. The standard InChI is InChI=1S/C29H30N4O3/c30-18-21-10-14-23(15-11-21)29(35)33(27-9-5-4-8-26(27)31)19-22-12-16-24(17-13-22)32-28(34)20-36-25-6-2-1-3-7-25/h1-3,6-7,10-17,26-27H,4-5,8-9,19-20,31H2,(H,32,34). The van der Waals surface area contributed by atoms with Gasteiger partial charge in [-0.15, -0.1) is 0 Å². The lowest BCUT2D eigenvalue weighted by atomic mass is 9.89. The van der Waals surface area contributed by atoms with Gasteiger partial charge in [0.05, 0.1) is 11.6 Å². The average Bonchev–Trinajstić information content (AvgIpc) is 2.92. The highest BCUT2D eigenvalue weighted by atomic mass is 16.5. The van der Waals surface area contributed by atoms with Gasteiger partial charge in [-0.2, -0.15) is 5.26 Å². The van der Waals surface area contributed by atoms with E-state index in [1.54, 1.807) is 36.4 Å². The van der Waals surface area contributed by atoms with Crippen LogP contribution in [0, 0.1) is 11.3 Å². The SMILES string of the molecule is N#Cc1ccc(C(=O)N(Cc2ccc(NC(=O)COc3ccccc3)cc2)C2CCCCC2N)cc1. The van der Waals surface area contributed by atoms with Gasteiger partial charge in [-0.3, -0.25) is 9.59 Å². The predicted octanol–water partition coefficient (Wildman–Crippen LogP) is 4.49. The Balaban J connectivity index is 1.43. The number of anilines is 1. The molecular formula is C29H30N4O3. The molecule has 7 nitrogen and oxygen atoms in total. The smallest absolute Gasteiger partial charge is 0.262 e. The van der Waals surface area contributed by atoms with Crippen LogP contribution in [0.4, 0.5) is 5.69 Å². The second-order valence-electron chi connectivity index (χ2n) is 8.98. The number of carbonyl (C=O) groups is 2. The number of nitrogens with two attached hydrogens (primary N) is 1. The van der Waals surface area contributed by atoms with Gasteiger partial charge in [-0.1, -0.05) is 43.2 Å². The minimum atomic E-state index is -0.252. The van der Waals surface area contributed by atoms with E-state index in [1.807, 2.05) is 47.4 Å². The van der Waals surface area contributed by atoms with Crippen molar-refractivity contribution < 1.29 is 14.3 Å². The summed E-state index contributed by atoms with van der Waals surface area (Å²) in [5, 5.41) is 11.9. The Bertz CT molecular complexity index is 1200. The zero-order valence-corrected chi connectivity index (χ0v) is 20.1. The molecule has 3 aromatic carbocycles. The van der Waals surface area contributed by atoms with E-state index in [4.69, 9.17) is 15.7 Å². The number of nitrogens with one attached hydrogen (secondary N) is 1. The fourth-order valence-electron chi connectivity index (χ4n) is 4.47. The molecule has 3 N–H and O–H groups in total. The van der Waals surface area contributed by atoms with E-state index >= 15 is 0 Å². The quantitative estimate of drug-likeness (QED) is 0.492. The fraction of sp³-hybridized carbons (Fsp3) is 0.276. The maximum atomic E-state index is 13.5. The highest BCUT2D eigenvalue weighted by Gasteiger charge is 2.31. The lowest BCUT2D eigenvalue weighted by molar-refractivity contribution is -0.118. The number of nitriles is 1. The van der Waals surface area contributed by atoms with E-state index in [-0.39, 0.29) is 30.5 Å². The largest absolute Gasteiger partial charge is 0.484 e. The van der Waals surface area contributed by atoms with Crippen molar-refractivity contribution in [3.63, 3.8) is 0 Å². The van der Waals surface area contributed by atoms with Crippen molar-refractivity contribution in [2.75, 3.05) is 11.9 Å². The Kier molecular flexibility index (Phi) is 8.32. The molecule has 2 atom stereocenters. The van der Waals surface area contributed by atoms with Gasteiger partial charge in [-0.05, 0) is 66.9 Å². The molecule has 2 unspecified atom stereocenters. The van der Waals surface area contributed by atoms with Crippen LogP contribution >= 0.6 is 0 Å². The number of rotatable bonds is 8. The van der Waals surface area contributed by atoms with Crippen molar-refractivity contribution in [2.24, 2.45) is 5.73 Å². The Hall–Kier alpha value is -4.15. The van der Waals surface area contributed by atoms with Crippen LogP contribution in [0.1, 0.15) is 47.2 Å². The lowest BCUT2D eigenvalue weighted by Crippen LogP contribution is -2.51. The molecule has 0 spiro atoms. The first-order valence-electron chi connectivity index (χ1n) is 12.2. The maximum absolute atomic E-state index is 13.5. The van der Waals surface area contributed by atoms with Gasteiger partial charge in [-0.25, -0.2) is 0 Å². The summed E-state index contributed by atoms with van der Waals surface area (Å²) in [4.78, 5) is 27.6. The Morgan fingerprint density at radius 2 is 1.67 bits per heavy atom. The van der Waals surface area contributed by atoms with Gasteiger partial charge in [0, 0.05) is 29.9 Å². The lowest BCUT2D eigenvalue weighted by Gasteiger charge is -2.38. The van der Waals surface area contributed by atoms with Crippen LogP contribution in [0.15, 0.2) is 78.9 Å². The van der Waals surface area contributed by atoms with Crippen molar-refractivity contribution >= 4 is 17.5 Å². The third-order valence-corrected chi connectivity index (χ3v) is 6.41. The molecule has 0 radical (unpaired) electrons. The molecule has 0 heterocycles. The molecule has 0 aliphatic heterocycles. The molecule has 0 aromatic heterocycles. The predicted molar refractivity (Wildman–Crippen MR) is 138 cm³/mol. The van der Waals surface area contributed by atoms with Crippen LogP contribution in [0.2, 0.25) is 0 Å². The molecule has 36 heavy (non-hydrogen) atoms. The molecule has 4 rings (SSSR count). The summed E-state index contributed by atoms with van der Waals surface area (Å²) < 4.78 is 5.49. The van der Waals surface area contributed by atoms with E-state index in [1.165, 1.54) is 0 Å². The van der Waals surface area contributed by atoms with Crippen LogP contribution in [0.25, 0.3) is 0 Å². The van der Waals surface area contributed by atoms with E-state index in [2.05, 4.69) is 11.4 Å². The van der Waals surface area contributed by atoms with Crippen LogP contribution < -0.4 is 15.8 Å². The zero-order valence-electron chi connectivity index (χ0n) is 20.1. The van der Waals surface area contributed by atoms with Gasteiger partial charge >= 0.3 is 0 Å². The number of carbonyl (C=O) groups excluding carboxylic acids is 2. The summed E-state index contributed by atoms with van der Waals surface area (Å²) in [6.07, 6.45) is 3.85. The normalized spacial score (nSPS) is 17.0. The van der Waals surface area contributed by atoms with Crippen molar-refractivity contribution in [3.8, 4) is 11.8 Å². The molecule has 7 heteroatoms. The van der Waals surface area contributed by atoms with Crippen molar-refractivity contribution in [3.05, 3.63) is 95.6 Å². The summed E-state index contributed by atoms with van der Waals surface area (Å²) in [6, 6.07) is 25.3. The van der Waals surface area contributed by atoms with Gasteiger partial charge in [0.1, 0.15) is 5.75 Å². The Morgan fingerprint density at radius 1 is 0.972 bits per heavy atom. The molecule has 1 aliphatic rings. The molecule has 3 aromatic rings. The third kappa shape index (κ3) is 6.49. The minimum absolute atomic E-state index is 0.0589. The van der Waals surface area contributed by atoms with Crippen LogP contribution in [-0.2, 0) is 11.3 Å². The zero-order chi connectivity index (χ0) is 25.3. The molecule has 0 bridgehead atoms. The van der Waals surface area contributed by atoms with Crippen LogP contribution in [0.5, 0.6) is 5.75 Å². The van der Waals surface area contributed by atoms with E-state index in [9.17, 15) is 9.59 Å². The Morgan fingerprint density at radius 3 is 2.33 bits per heavy atom. The average molecular weight is 483 g/mol. The first-order valence-corrected chi connectivity index (χ1v) is 12.2. The maximum Gasteiger partial charge on any atom is 0.262 e. The monoisotopic (exact) mass is 482 g/mol. The third-order valence-electron chi connectivity index (χ3n) is 6.41. The number of hydrogen-bond donors (Lipinski definition) is 2. The number of benzene rings is 3. The molecule has 1 aliphatic carbocycles. The molecule has 1 saturated carbocycles. The highest BCUT2D eigenvalue weighted by Crippen LogP contribution is 2.26. The number of ether oxygens (including phenoxy) is 1. The molecule has 0 saturated heterocycles. The van der Waals surface area contributed by atoms with Gasteiger partial charge in [0.25, 0.3) is 11.8 Å². The molecule has 2 amide bonds. The van der Waals surface area contributed by atoms with Crippen LogP contribution in [0.3, 0.4) is 0 Å². The van der Waals surface area contributed by atoms with Gasteiger partial charge < -0.3 is 20.7 Å². The van der Waals surface area contributed by atoms with Crippen molar-refractivity contribution in [1.29, 1.82) is 5.26 Å². The fourth-order valence-corrected chi connectivity index (χ4v) is 4.47. The van der Waals surface area contributed by atoms with Crippen LogP contribution in [-0.4, -0.2) is 35.4 Å². The van der Waals surface area contributed by atoms with Crippen molar-refractivity contribution in [2.45, 2.75) is 44.3 Å². The van der Waals surface area contributed by atoms with Gasteiger partial charge in [0.2, 0.25) is 0 Å². The van der Waals surface area contributed by atoms with E-state index in [0.717, 1.165) is 31.2 Å². The summed E-state index contributed by atoms with van der Waals surface area (Å²) in [5.74, 6) is 0.283. The molecule has 1 fully saturated rings. The second-order valence-corrected chi connectivity index (χ2v) is 8.98. The minimum Gasteiger partial charge on any atom is -0.484 e.